The minimum Gasteiger partial charge on any atom is -0.478 e. The van der Waals surface area contributed by atoms with E-state index >= 15 is 0 Å². The highest BCUT2D eigenvalue weighted by Crippen LogP contribution is 2.25. The number of hydrogen-bond donors (Lipinski definition) is 2. The lowest BCUT2D eigenvalue weighted by Gasteiger charge is -2.03. The van der Waals surface area contributed by atoms with Crippen molar-refractivity contribution in [2.75, 3.05) is 4.72 Å². The summed E-state index contributed by atoms with van der Waals surface area (Å²) in [5.74, 6) is -0.913. The summed E-state index contributed by atoms with van der Waals surface area (Å²) in [6, 6.07) is 0. The molecule has 2 N–H and O–H groups in total. The quantitative estimate of drug-likeness (QED) is 0.799. The number of rotatable bonds is 5. The second-order valence-electron chi connectivity index (χ2n) is 4.00. The van der Waals surface area contributed by atoms with Crippen molar-refractivity contribution < 1.29 is 22.8 Å². The van der Waals surface area contributed by atoms with Gasteiger partial charge in [0.2, 0.25) is 0 Å². The van der Waals surface area contributed by atoms with E-state index in [0.717, 1.165) is 17.4 Å². The summed E-state index contributed by atoms with van der Waals surface area (Å²) in [5.41, 5.74) is 0.252. The first kappa shape index (κ1) is 15.2. The monoisotopic (exact) mass is 329 g/mol. The highest BCUT2D eigenvalue weighted by atomic mass is 32.2. The van der Waals surface area contributed by atoms with Crippen LogP contribution < -0.4 is 4.72 Å². The first-order chi connectivity index (χ1) is 9.79. The molecule has 112 valence electrons. The van der Waals surface area contributed by atoms with Crippen molar-refractivity contribution in [3.05, 3.63) is 28.6 Å². The molecule has 0 aliphatic rings. The van der Waals surface area contributed by atoms with E-state index in [1.807, 2.05) is 0 Å². The Morgan fingerprint density at radius 3 is 2.76 bits per heavy atom. The number of carbonyl (C=O) groups is 1. The maximum absolute atomic E-state index is 12.2. The maximum Gasteiger partial charge on any atom is 0.328 e. The zero-order valence-electron chi connectivity index (χ0n) is 11.0. The zero-order chi connectivity index (χ0) is 15.6. The van der Waals surface area contributed by atoms with Gasteiger partial charge in [-0.25, -0.2) is 18.2 Å². The summed E-state index contributed by atoms with van der Waals surface area (Å²) in [4.78, 5) is 14.8. The second kappa shape index (κ2) is 5.66. The van der Waals surface area contributed by atoms with Crippen molar-refractivity contribution in [2.24, 2.45) is 0 Å². The van der Waals surface area contributed by atoms with Crippen LogP contribution in [0.1, 0.15) is 16.3 Å². The summed E-state index contributed by atoms with van der Waals surface area (Å²) in [6.07, 6.45) is 3.64. The maximum atomic E-state index is 12.2. The first-order valence-corrected chi connectivity index (χ1v) is 7.92. The van der Waals surface area contributed by atoms with E-state index < -0.39 is 16.0 Å². The summed E-state index contributed by atoms with van der Waals surface area (Å²) < 4.78 is 31.6. The molecule has 2 heterocycles. The van der Waals surface area contributed by atoms with Gasteiger partial charge in [-0.05, 0) is 19.9 Å². The minimum absolute atomic E-state index is 0.0275. The number of carboxylic acid groups (broad SMARTS) is 1. The molecule has 0 aromatic carbocycles. The molecule has 0 bridgehead atoms. The van der Waals surface area contributed by atoms with Crippen LogP contribution in [-0.2, 0) is 14.8 Å². The third kappa shape index (κ3) is 3.47. The van der Waals surface area contributed by atoms with Crippen LogP contribution in [0.3, 0.4) is 0 Å². The number of thiazole rings is 1. The van der Waals surface area contributed by atoms with E-state index in [0.29, 0.717) is 4.88 Å². The Kier molecular flexibility index (Phi) is 4.09. The van der Waals surface area contributed by atoms with Gasteiger partial charge < -0.3 is 9.63 Å². The minimum atomic E-state index is -3.85. The average molecular weight is 329 g/mol. The molecule has 0 amide bonds. The number of carboxylic acids is 1. The summed E-state index contributed by atoms with van der Waals surface area (Å²) >= 11 is 1.01. The van der Waals surface area contributed by atoms with Crippen LogP contribution in [0.4, 0.5) is 5.13 Å². The van der Waals surface area contributed by atoms with Crippen LogP contribution in [0.2, 0.25) is 0 Å². The van der Waals surface area contributed by atoms with E-state index in [-0.39, 0.29) is 21.5 Å². The standard InChI is InChI=1S/C11H11N3O5S2/c1-6-10(7(2)19-13-6)21(17,18)14-11-12-5-8(20-11)3-4-9(15)16/h3-5H,1-2H3,(H,12,14)(H,15,16). The van der Waals surface area contributed by atoms with Gasteiger partial charge in [0.25, 0.3) is 10.0 Å². The fourth-order valence-electron chi connectivity index (χ4n) is 1.59. The van der Waals surface area contributed by atoms with Crippen molar-refractivity contribution in [2.45, 2.75) is 18.7 Å². The number of nitrogens with zero attached hydrogens (tertiary/aromatic N) is 2. The largest absolute Gasteiger partial charge is 0.478 e. The third-order valence-corrected chi connectivity index (χ3v) is 4.96. The van der Waals surface area contributed by atoms with E-state index in [1.165, 1.54) is 26.1 Å². The molecule has 0 aliphatic heterocycles. The second-order valence-corrected chi connectivity index (χ2v) is 6.68. The van der Waals surface area contributed by atoms with Gasteiger partial charge in [-0.1, -0.05) is 16.5 Å². The van der Waals surface area contributed by atoms with Gasteiger partial charge in [-0.3, -0.25) is 4.72 Å². The van der Waals surface area contributed by atoms with E-state index in [4.69, 9.17) is 9.63 Å². The number of hydrogen-bond acceptors (Lipinski definition) is 7. The Balaban J connectivity index is 2.24. The predicted molar refractivity (Wildman–Crippen MR) is 75.6 cm³/mol. The van der Waals surface area contributed by atoms with Gasteiger partial charge in [0.15, 0.2) is 15.8 Å². The summed E-state index contributed by atoms with van der Waals surface area (Å²) in [6.45, 7) is 3.02. The SMILES string of the molecule is Cc1noc(C)c1S(=O)(=O)Nc1ncc(C=CC(=O)O)s1. The zero-order valence-corrected chi connectivity index (χ0v) is 12.7. The van der Waals surface area contributed by atoms with Crippen LogP contribution >= 0.6 is 11.3 Å². The highest BCUT2D eigenvalue weighted by molar-refractivity contribution is 7.93. The number of aromatic nitrogens is 2. The van der Waals surface area contributed by atoms with Gasteiger partial charge in [0.1, 0.15) is 5.69 Å². The van der Waals surface area contributed by atoms with E-state index in [2.05, 4.69) is 14.9 Å². The molecule has 2 aromatic rings. The predicted octanol–water partition coefficient (Wildman–Crippen LogP) is 1.65. The van der Waals surface area contributed by atoms with E-state index in [1.54, 1.807) is 0 Å². The summed E-state index contributed by atoms with van der Waals surface area (Å²) in [5, 5.41) is 12.2. The van der Waals surface area contributed by atoms with Gasteiger partial charge >= 0.3 is 5.97 Å². The Labute approximate surface area is 124 Å². The van der Waals surface area contributed by atoms with Crippen molar-refractivity contribution in [3.63, 3.8) is 0 Å². The molecule has 0 saturated carbocycles. The van der Waals surface area contributed by atoms with Crippen LogP contribution in [-0.4, -0.2) is 29.6 Å². The molecule has 0 saturated heterocycles. The van der Waals surface area contributed by atoms with Crippen LogP contribution in [0.15, 0.2) is 21.7 Å². The van der Waals surface area contributed by atoms with Gasteiger partial charge in [-0.15, -0.1) is 0 Å². The Bertz CT molecular complexity index is 784. The molecular formula is C11H11N3O5S2. The van der Waals surface area contributed by atoms with Crippen molar-refractivity contribution >= 4 is 38.5 Å². The molecule has 0 fully saturated rings. The summed E-state index contributed by atoms with van der Waals surface area (Å²) in [7, 11) is -3.85. The van der Waals surface area contributed by atoms with Gasteiger partial charge in [0, 0.05) is 17.2 Å². The number of aliphatic carboxylic acids is 1. The number of anilines is 1. The number of sulfonamides is 1. The first-order valence-electron chi connectivity index (χ1n) is 5.62. The number of nitrogens with one attached hydrogen (secondary N) is 1. The van der Waals surface area contributed by atoms with Crippen LogP contribution in [0.5, 0.6) is 0 Å². The Morgan fingerprint density at radius 1 is 1.48 bits per heavy atom. The van der Waals surface area contributed by atoms with E-state index in [9.17, 15) is 13.2 Å². The third-order valence-electron chi connectivity index (χ3n) is 2.37. The van der Waals surface area contributed by atoms with Gasteiger partial charge in [0.05, 0.1) is 0 Å². The average Bonchev–Trinajstić information content (AvgIpc) is 2.93. The lowest BCUT2D eigenvalue weighted by atomic mass is 10.4. The lowest BCUT2D eigenvalue weighted by Crippen LogP contribution is -2.14. The highest BCUT2D eigenvalue weighted by Gasteiger charge is 2.25. The molecule has 0 aliphatic carbocycles. The lowest BCUT2D eigenvalue weighted by molar-refractivity contribution is -0.131. The molecule has 2 aromatic heterocycles. The van der Waals surface area contributed by atoms with Crippen molar-refractivity contribution in [3.8, 4) is 0 Å². The molecule has 0 spiro atoms. The Morgan fingerprint density at radius 2 is 2.19 bits per heavy atom. The van der Waals surface area contributed by atoms with Crippen molar-refractivity contribution in [1.29, 1.82) is 0 Å². The molecular weight excluding hydrogens is 318 g/mol. The molecule has 10 heteroatoms. The molecule has 0 unspecified atom stereocenters. The molecule has 8 nitrogen and oxygen atoms in total. The molecule has 0 radical (unpaired) electrons. The molecule has 0 atom stereocenters. The topological polar surface area (TPSA) is 122 Å². The smallest absolute Gasteiger partial charge is 0.328 e. The normalized spacial score (nSPS) is 11.9. The molecule has 21 heavy (non-hydrogen) atoms. The molecule has 2 rings (SSSR count). The van der Waals surface area contributed by atoms with Crippen LogP contribution in [0, 0.1) is 13.8 Å². The Hall–Kier alpha value is -2.20. The van der Waals surface area contributed by atoms with Crippen molar-refractivity contribution in [1.82, 2.24) is 10.1 Å². The fraction of sp³-hybridized carbons (Fsp3) is 0.182. The number of aryl methyl sites for hydroxylation is 2. The fourth-order valence-corrected chi connectivity index (χ4v) is 3.88. The van der Waals surface area contributed by atoms with Gasteiger partial charge in [-0.2, -0.15) is 0 Å². The van der Waals surface area contributed by atoms with Crippen LogP contribution in [0.25, 0.3) is 6.08 Å².